The number of hydrogen-bond acceptors (Lipinski definition) is 10. The fourth-order valence-electron chi connectivity index (χ4n) is 3.84. The molecular weight excluding hydrogens is 486 g/mol. The molecule has 2 aromatic heterocycles. The number of fused-ring (bicyclic) bond motifs is 1. The average Bonchev–Trinajstić information content (AvgIpc) is 3.53. The number of benzene rings is 2. The van der Waals surface area contributed by atoms with Gasteiger partial charge in [-0.05, 0) is 72.5 Å². The van der Waals surface area contributed by atoms with Gasteiger partial charge in [0.25, 0.3) is 5.91 Å². The van der Waals surface area contributed by atoms with Gasteiger partial charge >= 0.3 is 0 Å². The van der Waals surface area contributed by atoms with Crippen molar-refractivity contribution in [2.75, 3.05) is 23.7 Å². The Bertz CT molecular complexity index is 1480. The Morgan fingerprint density at radius 3 is 2.66 bits per heavy atom. The predicted molar refractivity (Wildman–Crippen MR) is 142 cm³/mol. The van der Waals surface area contributed by atoms with Crippen LogP contribution in [0.4, 0.5) is 11.5 Å². The minimum Gasteiger partial charge on any atom is -0.364 e. The fraction of sp³-hybridized carbons (Fsp3) is 0.269. The molecule has 2 aromatic carbocycles. The predicted octanol–water partition coefficient (Wildman–Crippen LogP) is 3.38. The van der Waals surface area contributed by atoms with Gasteiger partial charge in [0.15, 0.2) is 17.3 Å². The van der Waals surface area contributed by atoms with Crippen molar-refractivity contribution < 1.29 is 14.2 Å². The molecule has 12 nitrogen and oxygen atoms in total. The van der Waals surface area contributed by atoms with Gasteiger partial charge in [-0.25, -0.2) is 9.61 Å². The van der Waals surface area contributed by atoms with E-state index in [0.29, 0.717) is 60.0 Å². The lowest BCUT2D eigenvalue weighted by atomic mass is 10.1. The number of nitrogens with zero attached hydrogens (tertiary/aromatic N) is 5. The lowest BCUT2D eigenvalue weighted by Gasteiger charge is -2.10. The van der Waals surface area contributed by atoms with E-state index in [4.69, 9.17) is 21.0 Å². The monoisotopic (exact) mass is 513 g/mol. The number of anilines is 2. The molecule has 5 N–H and O–H groups in total. The van der Waals surface area contributed by atoms with Crippen molar-refractivity contribution >= 4 is 39.9 Å². The molecule has 0 saturated carbocycles. The first-order chi connectivity index (χ1) is 18.5. The van der Waals surface area contributed by atoms with E-state index < -0.39 is 5.91 Å². The number of carbonyl (C=O) groups is 2. The molecule has 0 spiro atoms. The summed E-state index contributed by atoms with van der Waals surface area (Å²) in [6.45, 7) is 0.849. The third kappa shape index (κ3) is 6.08. The third-order valence-electron chi connectivity index (χ3n) is 5.81. The van der Waals surface area contributed by atoms with Crippen LogP contribution in [0, 0.1) is 16.7 Å². The highest BCUT2D eigenvalue weighted by atomic mass is 16.6. The second-order valence-electron chi connectivity index (χ2n) is 8.49. The number of nitrogens with one attached hydrogen (secondary N) is 3. The molecule has 4 aromatic rings. The Morgan fingerprint density at radius 1 is 1.11 bits per heavy atom. The number of imidazole rings is 1. The molecular formula is C26H27N9O3. The summed E-state index contributed by atoms with van der Waals surface area (Å²) >= 11 is 0. The standard InChI is InChI=1S/C26H27N9O3/c27-13-4-3-6-19(29)26(37)31-18-11-9-17(10-12-18)22(36)16-35-21-8-2-1-7-20(21)32-25(35)23-24(34-38-33-23)30-15-5-14-28/h1-2,7-12,29H,3-6,13,15-16,27H2,(H,30,34)(H,31,37). The molecule has 0 bridgehead atoms. The van der Waals surface area contributed by atoms with Crippen LogP contribution in [0.3, 0.4) is 0 Å². The normalized spacial score (nSPS) is 10.7. The van der Waals surface area contributed by atoms with Gasteiger partial charge in [-0.15, -0.1) is 0 Å². The molecule has 2 heterocycles. The van der Waals surface area contributed by atoms with E-state index in [1.807, 2.05) is 24.3 Å². The summed E-state index contributed by atoms with van der Waals surface area (Å²) in [5, 5.41) is 30.3. The second kappa shape index (κ2) is 12.4. The molecule has 0 aliphatic heterocycles. The van der Waals surface area contributed by atoms with E-state index in [9.17, 15) is 9.59 Å². The highest BCUT2D eigenvalue weighted by Gasteiger charge is 2.22. The minimum atomic E-state index is -0.476. The van der Waals surface area contributed by atoms with E-state index in [0.717, 1.165) is 11.9 Å². The molecule has 0 radical (unpaired) electrons. The number of aromatic nitrogens is 4. The summed E-state index contributed by atoms with van der Waals surface area (Å²) in [6, 6.07) is 16.0. The topological polar surface area (TPSA) is 189 Å². The maximum atomic E-state index is 13.3. The Kier molecular flexibility index (Phi) is 8.53. The molecule has 194 valence electrons. The summed E-state index contributed by atoms with van der Waals surface area (Å²) in [5.41, 5.74) is 8.12. The SMILES string of the molecule is N#CCCNc1nonc1-c1nc2ccccc2n1CC(=O)c1ccc(NC(=O)C(=N)CCCCN)cc1. The number of amides is 1. The van der Waals surface area contributed by atoms with Crippen LogP contribution < -0.4 is 16.4 Å². The lowest BCUT2D eigenvalue weighted by Crippen LogP contribution is -2.22. The van der Waals surface area contributed by atoms with Crippen molar-refractivity contribution in [1.82, 2.24) is 19.9 Å². The van der Waals surface area contributed by atoms with Crippen molar-refractivity contribution in [2.45, 2.75) is 32.2 Å². The summed E-state index contributed by atoms with van der Waals surface area (Å²) in [4.78, 5) is 30.2. The van der Waals surface area contributed by atoms with Gasteiger partial charge in [0, 0.05) is 17.8 Å². The zero-order valence-corrected chi connectivity index (χ0v) is 20.6. The van der Waals surface area contributed by atoms with Gasteiger partial charge in [-0.3, -0.25) is 15.0 Å². The van der Waals surface area contributed by atoms with Crippen molar-refractivity contribution in [3.05, 3.63) is 54.1 Å². The number of hydrogen-bond donors (Lipinski definition) is 4. The van der Waals surface area contributed by atoms with Crippen molar-refractivity contribution in [1.29, 1.82) is 10.7 Å². The minimum absolute atomic E-state index is 0.0121. The number of unbranched alkanes of at least 4 members (excludes halogenated alkanes) is 1. The zero-order valence-electron chi connectivity index (χ0n) is 20.6. The van der Waals surface area contributed by atoms with Gasteiger partial charge in [-0.2, -0.15) is 5.26 Å². The molecule has 0 atom stereocenters. The number of carbonyl (C=O) groups excluding carboxylic acids is 2. The van der Waals surface area contributed by atoms with E-state index in [-0.39, 0.29) is 24.5 Å². The van der Waals surface area contributed by atoms with Crippen LogP contribution in [0.25, 0.3) is 22.6 Å². The molecule has 0 saturated heterocycles. The van der Waals surface area contributed by atoms with Crippen LogP contribution in [0.15, 0.2) is 53.2 Å². The van der Waals surface area contributed by atoms with E-state index in [1.54, 1.807) is 28.8 Å². The first kappa shape index (κ1) is 26.2. The van der Waals surface area contributed by atoms with Gasteiger partial charge in [0.2, 0.25) is 5.82 Å². The maximum Gasteiger partial charge on any atom is 0.269 e. The lowest BCUT2D eigenvalue weighted by molar-refractivity contribution is -0.110. The Hall–Kier alpha value is -4.89. The second-order valence-corrected chi connectivity index (χ2v) is 8.49. The summed E-state index contributed by atoms with van der Waals surface area (Å²) in [6.07, 6.45) is 2.07. The smallest absolute Gasteiger partial charge is 0.269 e. The third-order valence-corrected chi connectivity index (χ3v) is 5.81. The van der Waals surface area contributed by atoms with Crippen LogP contribution >= 0.6 is 0 Å². The summed E-state index contributed by atoms with van der Waals surface area (Å²) < 4.78 is 6.66. The molecule has 12 heteroatoms. The molecule has 1 amide bonds. The first-order valence-corrected chi connectivity index (χ1v) is 12.1. The largest absolute Gasteiger partial charge is 0.364 e. The molecule has 0 aliphatic carbocycles. The molecule has 4 rings (SSSR count). The van der Waals surface area contributed by atoms with Crippen molar-refractivity contribution in [3.8, 4) is 17.6 Å². The number of rotatable bonds is 13. The zero-order chi connectivity index (χ0) is 26.9. The Balaban J connectivity index is 1.52. The number of para-hydroxylation sites is 2. The number of nitrogens with two attached hydrogens (primary N) is 1. The highest BCUT2D eigenvalue weighted by molar-refractivity contribution is 6.41. The Labute approximate surface area is 218 Å². The van der Waals surface area contributed by atoms with Crippen molar-refractivity contribution in [3.63, 3.8) is 0 Å². The van der Waals surface area contributed by atoms with Gasteiger partial charge in [0.05, 0.1) is 35.8 Å². The van der Waals surface area contributed by atoms with Crippen LogP contribution in [-0.2, 0) is 11.3 Å². The van der Waals surface area contributed by atoms with E-state index in [2.05, 4.69) is 32.0 Å². The number of nitriles is 1. The molecule has 0 unspecified atom stereocenters. The van der Waals surface area contributed by atoms with Crippen LogP contribution in [0.1, 0.15) is 36.0 Å². The van der Waals surface area contributed by atoms with Crippen LogP contribution in [0.2, 0.25) is 0 Å². The van der Waals surface area contributed by atoms with E-state index >= 15 is 0 Å². The van der Waals surface area contributed by atoms with E-state index in [1.165, 1.54) is 0 Å². The molecule has 0 fully saturated rings. The number of ketones is 1. The highest BCUT2D eigenvalue weighted by Crippen LogP contribution is 2.28. The van der Waals surface area contributed by atoms with Gasteiger partial charge in [0.1, 0.15) is 0 Å². The van der Waals surface area contributed by atoms with Crippen LogP contribution in [-0.4, -0.2) is 50.4 Å². The van der Waals surface area contributed by atoms with Gasteiger partial charge < -0.3 is 20.9 Å². The molecule has 0 aliphatic rings. The van der Waals surface area contributed by atoms with Crippen molar-refractivity contribution in [2.24, 2.45) is 5.73 Å². The Morgan fingerprint density at radius 2 is 1.89 bits per heavy atom. The first-order valence-electron chi connectivity index (χ1n) is 12.1. The quantitative estimate of drug-likeness (QED) is 0.118. The molecule has 38 heavy (non-hydrogen) atoms. The average molecular weight is 514 g/mol. The fourth-order valence-corrected chi connectivity index (χ4v) is 3.84. The maximum absolute atomic E-state index is 13.3. The summed E-state index contributed by atoms with van der Waals surface area (Å²) in [5.74, 6) is 0.0727. The summed E-state index contributed by atoms with van der Waals surface area (Å²) in [7, 11) is 0. The van der Waals surface area contributed by atoms with Gasteiger partial charge in [-0.1, -0.05) is 12.1 Å². The number of Topliss-reactive ketones (excluding diaryl/α,β-unsaturated/α-hetero) is 1. The van der Waals surface area contributed by atoms with Crippen LogP contribution in [0.5, 0.6) is 0 Å².